The fourth-order valence-electron chi connectivity index (χ4n) is 4.43. The number of ether oxygens (including phenoxy) is 2. The molecule has 1 atom stereocenters. The van der Waals surface area contributed by atoms with Crippen LogP contribution in [-0.4, -0.2) is 46.6 Å². The SMILES string of the molecule is CCC(C)(C)NC(=O)[C@@H](c1cc(OC)ccc1OC)N(C(=O)Cn1nnc2ccccc21)c1ccccc1C. The van der Waals surface area contributed by atoms with Gasteiger partial charge in [-0.2, -0.15) is 0 Å². The molecule has 0 bridgehead atoms. The molecule has 204 valence electrons. The first kappa shape index (κ1) is 27.6. The van der Waals surface area contributed by atoms with Crippen LogP contribution in [0, 0.1) is 6.92 Å². The molecule has 9 nitrogen and oxygen atoms in total. The summed E-state index contributed by atoms with van der Waals surface area (Å²) in [7, 11) is 3.10. The van der Waals surface area contributed by atoms with Crippen LogP contribution < -0.4 is 19.7 Å². The van der Waals surface area contributed by atoms with Gasteiger partial charge in [0, 0.05) is 16.8 Å². The Hall–Kier alpha value is -4.40. The lowest BCUT2D eigenvalue weighted by atomic mass is 9.97. The lowest BCUT2D eigenvalue weighted by Gasteiger charge is -2.35. The summed E-state index contributed by atoms with van der Waals surface area (Å²) in [6, 6.07) is 19.1. The van der Waals surface area contributed by atoms with E-state index < -0.39 is 11.6 Å². The third-order valence-corrected chi connectivity index (χ3v) is 6.93. The molecule has 4 rings (SSSR count). The number of benzene rings is 3. The first-order chi connectivity index (χ1) is 18.7. The number of para-hydroxylation sites is 2. The van der Waals surface area contributed by atoms with E-state index in [1.54, 1.807) is 30.0 Å². The Bertz CT molecular complexity index is 1480. The molecule has 1 heterocycles. The van der Waals surface area contributed by atoms with Gasteiger partial charge in [0.15, 0.2) is 0 Å². The zero-order valence-electron chi connectivity index (χ0n) is 23.3. The van der Waals surface area contributed by atoms with Crippen molar-refractivity contribution >= 4 is 28.5 Å². The van der Waals surface area contributed by atoms with E-state index in [9.17, 15) is 9.59 Å². The summed E-state index contributed by atoms with van der Waals surface area (Å²) >= 11 is 0. The number of nitrogens with one attached hydrogen (secondary N) is 1. The van der Waals surface area contributed by atoms with Crippen LogP contribution in [0.3, 0.4) is 0 Å². The Kier molecular flexibility index (Phi) is 8.18. The highest BCUT2D eigenvalue weighted by atomic mass is 16.5. The second-order valence-corrected chi connectivity index (χ2v) is 10.0. The van der Waals surface area contributed by atoms with Gasteiger partial charge in [-0.05, 0) is 69.2 Å². The summed E-state index contributed by atoms with van der Waals surface area (Å²) in [6.07, 6.45) is 0.698. The van der Waals surface area contributed by atoms with Gasteiger partial charge in [-0.1, -0.05) is 42.5 Å². The average Bonchev–Trinajstić information content (AvgIpc) is 3.34. The standard InChI is InChI=1S/C30H35N5O4/c1-7-30(3,4)31-29(37)28(22-18-21(38-5)16-17-26(22)39-6)35(24-14-10-8-12-20(24)2)27(36)19-34-25-15-11-9-13-23(25)32-33-34/h8-18,28H,7,19H2,1-6H3,(H,31,37)/t28-/m1/s1. The minimum Gasteiger partial charge on any atom is -0.497 e. The van der Waals surface area contributed by atoms with E-state index in [0.29, 0.717) is 34.7 Å². The topological polar surface area (TPSA) is 98.6 Å². The van der Waals surface area contributed by atoms with E-state index in [-0.39, 0.29) is 18.4 Å². The number of carbonyl (C=O) groups excluding carboxylic acids is 2. The molecule has 0 unspecified atom stereocenters. The van der Waals surface area contributed by atoms with Crippen molar-refractivity contribution in [1.29, 1.82) is 0 Å². The maximum atomic E-state index is 14.3. The van der Waals surface area contributed by atoms with Crippen LogP contribution in [0.25, 0.3) is 11.0 Å². The van der Waals surface area contributed by atoms with Crippen LogP contribution in [0.1, 0.15) is 44.4 Å². The van der Waals surface area contributed by atoms with E-state index >= 15 is 0 Å². The lowest BCUT2D eigenvalue weighted by Crippen LogP contribution is -2.51. The molecule has 2 amide bonds. The summed E-state index contributed by atoms with van der Waals surface area (Å²) in [4.78, 5) is 30.0. The van der Waals surface area contributed by atoms with Gasteiger partial charge in [-0.3, -0.25) is 14.5 Å². The molecule has 0 radical (unpaired) electrons. The monoisotopic (exact) mass is 529 g/mol. The number of hydrogen-bond acceptors (Lipinski definition) is 6. The minimum absolute atomic E-state index is 0.123. The number of amides is 2. The molecule has 0 saturated carbocycles. The zero-order chi connectivity index (χ0) is 28.2. The van der Waals surface area contributed by atoms with Gasteiger partial charge in [0.1, 0.15) is 29.6 Å². The molecule has 0 aliphatic carbocycles. The number of aromatic nitrogens is 3. The van der Waals surface area contributed by atoms with Crippen molar-refractivity contribution in [3.8, 4) is 11.5 Å². The third-order valence-electron chi connectivity index (χ3n) is 6.93. The van der Waals surface area contributed by atoms with Crippen molar-refractivity contribution in [2.45, 2.75) is 52.2 Å². The van der Waals surface area contributed by atoms with Gasteiger partial charge < -0.3 is 14.8 Å². The molecule has 3 aromatic carbocycles. The van der Waals surface area contributed by atoms with E-state index in [1.165, 1.54) is 12.0 Å². The number of nitrogens with zero attached hydrogens (tertiary/aromatic N) is 4. The van der Waals surface area contributed by atoms with Gasteiger partial charge in [-0.25, -0.2) is 4.68 Å². The highest BCUT2D eigenvalue weighted by molar-refractivity contribution is 6.02. The quantitative estimate of drug-likeness (QED) is 0.316. The fourth-order valence-corrected chi connectivity index (χ4v) is 4.43. The molecule has 0 saturated heterocycles. The Balaban J connectivity index is 1.91. The lowest BCUT2D eigenvalue weighted by molar-refractivity contribution is -0.128. The predicted molar refractivity (Wildman–Crippen MR) is 151 cm³/mol. The van der Waals surface area contributed by atoms with Crippen molar-refractivity contribution in [3.63, 3.8) is 0 Å². The van der Waals surface area contributed by atoms with Crippen molar-refractivity contribution < 1.29 is 19.1 Å². The molecule has 0 fully saturated rings. The number of anilines is 1. The molecule has 1 aromatic heterocycles. The highest BCUT2D eigenvalue weighted by Gasteiger charge is 2.37. The molecular weight excluding hydrogens is 494 g/mol. The van der Waals surface area contributed by atoms with E-state index in [0.717, 1.165) is 11.1 Å². The predicted octanol–water partition coefficient (Wildman–Crippen LogP) is 4.84. The highest BCUT2D eigenvalue weighted by Crippen LogP contribution is 2.37. The Labute approximate surface area is 228 Å². The normalized spacial score (nSPS) is 12.2. The maximum Gasteiger partial charge on any atom is 0.249 e. The average molecular weight is 530 g/mol. The van der Waals surface area contributed by atoms with Gasteiger partial charge in [-0.15, -0.1) is 5.10 Å². The largest absolute Gasteiger partial charge is 0.497 e. The summed E-state index contributed by atoms with van der Waals surface area (Å²) in [5.74, 6) is 0.327. The van der Waals surface area contributed by atoms with Crippen LogP contribution in [0.5, 0.6) is 11.5 Å². The second kappa shape index (κ2) is 11.6. The first-order valence-corrected chi connectivity index (χ1v) is 12.9. The Morgan fingerprint density at radius 2 is 1.74 bits per heavy atom. The Morgan fingerprint density at radius 3 is 2.44 bits per heavy atom. The molecule has 0 spiro atoms. The van der Waals surface area contributed by atoms with Gasteiger partial charge >= 0.3 is 0 Å². The second-order valence-electron chi connectivity index (χ2n) is 10.0. The minimum atomic E-state index is -1.07. The third kappa shape index (κ3) is 5.87. The van der Waals surface area contributed by atoms with E-state index in [2.05, 4.69) is 15.6 Å². The van der Waals surface area contributed by atoms with Crippen molar-refractivity contribution in [2.24, 2.45) is 0 Å². The summed E-state index contributed by atoms with van der Waals surface area (Å²) in [5, 5.41) is 11.6. The maximum absolute atomic E-state index is 14.3. The van der Waals surface area contributed by atoms with Crippen molar-refractivity contribution in [3.05, 3.63) is 77.9 Å². The zero-order valence-corrected chi connectivity index (χ0v) is 23.3. The molecule has 0 aliphatic heterocycles. The summed E-state index contributed by atoms with van der Waals surface area (Å²) < 4.78 is 12.7. The van der Waals surface area contributed by atoms with Crippen LogP contribution in [-0.2, 0) is 16.1 Å². The molecule has 9 heteroatoms. The number of fused-ring (bicyclic) bond motifs is 1. The molecular formula is C30H35N5O4. The molecule has 1 N–H and O–H groups in total. The number of hydrogen-bond donors (Lipinski definition) is 1. The fraction of sp³-hybridized carbons (Fsp3) is 0.333. The Morgan fingerprint density at radius 1 is 1.03 bits per heavy atom. The summed E-state index contributed by atoms with van der Waals surface area (Å²) in [5.41, 5.74) is 2.84. The van der Waals surface area contributed by atoms with Crippen LogP contribution in [0.2, 0.25) is 0 Å². The van der Waals surface area contributed by atoms with Gasteiger partial charge in [0.05, 0.1) is 19.7 Å². The molecule has 4 aromatic rings. The van der Waals surface area contributed by atoms with Crippen LogP contribution in [0.15, 0.2) is 66.7 Å². The van der Waals surface area contributed by atoms with Crippen LogP contribution >= 0.6 is 0 Å². The van der Waals surface area contributed by atoms with Crippen molar-refractivity contribution in [2.75, 3.05) is 19.1 Å². The van der Waals surface area contributed by atoms with Gasteiger partial charge in [0.25, 0.3) is 0 Å². The first-order valence-electron chi connectivity index (χ1n) is 12.9. The number of rotatable bonds is 10. The van der Waals surface area contributed by atoms with Gasteiger partial charge in [0.2, 0.25) is 11.8 Å². The van der Waals surface area contributed by atoms with E-state index in [4.69, 9.17) is 9.47 Å². The van der Waals surface area contributed by atoms with Crippen molar-refractivity contribution in [1.82, 2.24) is 20.3 Å². The number of carbonyl (C=O) groups is 2. The summed E-state index contributed by atoms with van der Waals surface area (Å²) in [6.45, 7) is 7.69. The smallest absolute Gasteiger partial charge is 0.249 e. The number of methoxy groups -OCH3 is 2. The van der Waals surface area contributed by atoms with E-state index in [1.807, 2.05) is 76.2 Å². The van der Waals surface area contributed by atoms with Crippen LogP contribution in [0.4, 0.5) is 5.69 Å². The molecule has 39 heavy (non-hydrogen) atoms. The molecule has 0 aliphatic rings. The number of aryl methyl sites for hydroxylation is 1.